The molecule has 3 heteroatoms. The van der Waals surface area contributed by atoms with E-state index < -0.39 is 0 Å². The van der Waals surface area contributed by atoms with Crippen molar-refractivity contribution < 1.29 is 0 Å². The monoisotopic (exact) mass is 182 g/mol. The highest BCUT2D eigenvalue weighted by Gasteiger charge is 2.23. The summed E-state index contributed by atoms with van der Waals surface area (Å²) in [5, 5.41) is 4.51. The fraction of sp³-hybridized carbons (Fsp3) is 0.667. The van der Waals surface area contributed by atoms with Crippen molar-refractivity contribution in [2.24, 2.45) is 0 Å². The number of hydrogen-bond acceptors (Lipinski definition) is 2. The van der Waals surface area contributed by atoms with Gasteiger partial charge < -0.3 is 0 Å². The molecular formula is C9H14N2S. The van der Waals surface area contributed by atoms with Gasteiger partial charge >= 0.3 is 0 Å². The molecule has 0 radical (unpaired) electrons. The molecule has 0 unspecified atom stereocenters. The van der Waals surface area contributed by atoms with E-state index in [1.54, 1.807) is 0 Å². The van der Waals surface area contributed by atoms with Gasteiger partial charge in [-0.1, -0.05) is 6.92 Å². The van der Waals surface area contributed by atoms with Crippen molar-refractivity contribution in [1.29, 1.82) is 0 Å². The molecule has 0 aliphatic heterocycles. The molecular weight excluding hydrogens is 168 g/mol. The molecule has 0 bridgehead atoms. The molecule has 12 heavy (non-hydrogen) atoms. The van der Waals surface area contributed by atoms with Crippen molar-refractivity contribution >= 4 is 11.8 Å². The van der Waals surface area contributed by atoms with E-state index >= 15 is 0 Å². The lowest BCUT2D eigenvalue weighted by molar-refractivity contribution is 0.635. The summed E-state index contributed by atoms with van der Waals surface area (Å²) in [6.07, 6.45) is 4.76. The summed E-state index contributed by atoms with van der Waals surface area (Å²) in [5.74, 6) is 2.24. The molecule has 1 aliphatic rings. The van der Waals surface area contributed by atoms with Crippen molar-refractivity contribution in [2.75, 3.05) is 5.75 Å². The predicted molar refractivity (Wildman–Crippen MR) is 52.3 cm³/mol. The van der Waals surface area contributed by atoms with Crippen molar-refractivity contribution in [2.45, 2.75) is 31.6 Å². The van der Waals surface area contributed by atoms with Crippen LogP contribution in [0.2, 0.25) is 0 Å². The van der Waals surface area contributed by atoms with Crippen LogP contribution in [0.25, 0.3) is 0 Å². The minimum Gasteiger partial charge on any atom is -0.269 e. The van der Waals surface area contributed by atoms with E-state index in [0.717, 1.165) is 11.8 Å². The van der Waals surface area contributed by atoms with Gasteiger partial charge in [-0.25, -0.2) is 0 Å². The van der Waals surface area contributed by atoms with Crippen LogP contribution < -0.4 is 0 Å². The summed E-state index contributed by atoms with van der Waals surface area (Å²) in [7, 11) is 0. The van der Waals surface area contributed by atoms with E-state index in [-0.39, 0.29) is 0 Å². The summed E-state index contributed by atoms with van der Waals surface area (Å²) in [5.41, 5.74) is 1.23. The predicted octanol–water partition coefficient (Wildman–Crippen LogP) is 2.47. The van der Waals surface area contributed by atoms with Gasteiger partial charge in [-0.15, -0.1) is 0 Å². The van der Waals surface area contributed by atoms with Crippen molar-refractivity contribution in [1.82, 2.24) is 9.78 Å². The van der Waals surface area contributed by atoms with Crippen LogP contribution in [0, 0.1) is 0 Å². The highest BCUT2D eigenvalue weighted by atomic mass is 32.2. The third kappa shape index (κ3) is 1.83. The second-order valence-corrected chi connectivity index (χ2v) is 4.43. The van der Waals surface area contributed by atoms with Gasteiger partial charge in [-0.2, -0.15) is 16.9 Å². The number of hydrogen-bond donors (Lipinski definition) is 0. The summed E-state index contributed by atoms with van der Waals surface area (Å²) < 4.78 is 2.12. The average molecular weight is 182 g/mol. The molecule has 1 aromatic heterocycles. The molecule has 2 nitrogen and oxygen atoms in total. The minimum atomic E-state index is 0.727. The van der Waals surface area contributed by atoms with E-state index in [2.05, 4.69) is 29.0 Å². The Hall–Kier alpha value is -0.440. The third-order valence-electron chi connectivity index (χ3n) is 2.04. The smallest absolute Gasteiger partial charge is 0.0723 e. The Bertz CT molecular complexity index is 253. The number of aromatic nitrogens is 2. The molecule has 2 rings (SSSR count). The lowest BCUT2D eigenvalue weighted by Gasteiger charge is -1.95. The van der Waals surface area contributed by atoms with Crippen molar-refractivity contribution in [3.63, 3.8) is 0 Å². The standard InChI is InChI=1S/C9H14N2S/c1-2-12-7-8-5-6-11(10-8)9-3-4-9/h5-6,9H,2-4,7H2,1H3. The SMILES string of the molecule is CCSCc1ccn(C2CC2)n1. The average Bonchev–Trinajstić information content (AvgIpc) is 2.83. The second-order valence-electron chi connectivity index (χ2n) is 3.16. The first-order chi connectivity index (χ1) is 5.90. The summed E-state index contributed by atoms with van der Waals surface area (Å²) in [4.78, 5) is 0. The van der Waals surface area contributed by atoms with E-state index in [0.29, 0.717) is 0 Å². The first-order valence-electron chi connectivity index (χ1n) is 4.52. The Morgan fingerprint density at radius 1 is 1.67 bits per heavy atom. The molecule has 0 saturated heterocycles. The van der Waals surface area contributed by atoms with Crippen LogP contribution in [0.4, 0.5) is 0 Å². The van der Waals surface area contributed by atoms with E-state index in [4.69, 9.17) is 0 Å². The second kappa shape index (κ2) is 3.52. The van der Waals surface area contributed by atoms with Crippen LogP contribution in [-0.4, -0.2) is 15.5 Å². The Morgan fingerprint density at radius 2 is 2.50 bits per heavy atom. The molecule has 0 amide bonds. The van der Waals surface area contributed by atoms with E-state index in [1.807, 2.05) is 11.8 Å². The zero-order valence-corrected chi connectivity index (χ0v) is 8.18. The molecule has 0 N–H and O–H groups in total. The van der Waals surface area contributed by atoms with Crippen LogP contribution in [0.15, 0.2) is 12.3 Å². The molecule has 0 spiro atoms. The van der Waals surface area contributed by atoms with Gasteiger partial charge in [0.1, 0.15) is 0 Å². The normalized spacial score (nSPS) is 16.8. The van der Waals surface area contributed by atoms with Gasteiger partial charge in [0.15, 0.2) is 0 Å². The van der Waals surface area contributed by atoms with Gasteiger partial charge in [-0.3, -0.25) is 4.68 Å². The summed E-state index contributed by atoms with van der Waals surface area (Å²) in [6.45, 7) is 2.18. The van der Waals surface area contributed by atoms with Crippen molar-refractivity contribution in [3.05, 3.63) is 18.0 Å². The maximum absolute atomic E-state index is 4.51. The van der Waals surface area contributed by atoms with Crippen LogP contribution in [0.3, 0.4) is 0 Å². The van der Waals surface area contributed by atoms with Crippen LogP contribution in [0.1, 0.15) is 31.5 Å². The molecule has 1 heterocycles. The molecule has 1 aliphatic carbocycles. The van der Waals surface area contributed by atoms with Gasteiger partial charge in [0.2, 0.25) is 0 Å². The third-order valence-corrected chi connectivity index (χ3v) is 2.95. The summed E-state index contributed by atoms with van der Waals surface area (Å²) >= 11 is 1.93. The molecule has 66 valence electrons. The zero-order valence-electron chi connectivity index (χ0n) is 7.36. The fourth-order valence-corrected chi connectivity index (χ4v) is 1.77. The molecule has 1 fully saturated rings. The van der Waals surface area contributed by atoms with Gasteiger partial charge in [-0.05, 0) is 24.7 Å². The van der Waals surface area contributed by atoms with Gasteiger partial charge in [0.25, 0.3) is 0 Å². The van der Waals surface area contributed by atoms with Crippen LogP contribution >= 0.6 is 11.8 Å². The van der Waals surface area contributed by atoms with Gasteiger partial charge in [0.05, 0.1) is 11.7 Å². The summed E-state index contributed by atoms with van der Waals surface area (Å²) in [6, 6.07) is 2.87. The molecule has 0 atom stereocenters. The van der Waals surface area contributed by atoms with Crippen LogP contribution in [0.5, 0.6) is 0 Å². The van der Waals surface area contributed by atoms with Crippen molar-refractivity contribution in [3.8, 4) is 0 Å². The van der Waals surface area contributed by atoms with E-state index in [9.17, 15) is 0 Å². The maximum atomic E-state index is 4.51. The van der Waals surface area contributed by atoms with E-state index in [1.165, 1.54) is 24.3 Å². The maximum Gasteiger partial charge on any atom is 0.0723 e. The Morgan fingerprint density at radius 3 is 3.17 bits per heavy atom. The minimum absolute atomic E-state index is 0.727. The molecule has 1 saturated carbocycles. The topological polar surface area (TPSA) is 17.8 Å². The first kappa shape index (κ1) is 8.17. The number of nitrogens with zero attached hydrogens (tertiary/aromatic N) is 2. The quantitative estimate of drug-likeness (QED) is 0.712. The fourth-order valence-electron chi connectivity index (χ4n) is 1.20. The Labute approximate surface area is 77.3 Å². The van der Waals surface area contributed by atoms with Crippen LogP contribution in [-0.2, 0) is 5.75 Å². The number of rotatable bonds is 4. The Balaban J connectivity index is 1.93. The Kier molecular flexibility index (Phi) is 2.40. The first-order valence-corrected chi connectivity index (χ1v) is 5.67. The highest BCUT2D eigenvalue weighted by molar-refractivity contribution is 7.98. The molecule has 1 aromatic rings. The number of thioether (sulfide) groups is 1. The largest absolute Gasteiger partial charge is 0.269 e. The zero-order chi connectivity index (χ0) is 8.39. The lowest BCUT2D eigenvalue weighted by Crippen LogP contribution is -1.94. The lowest BCUT2D eigenvalue weighted by atomic mass is 10.5. The highest BCUT2D eigenvalue weighted by Crippen LogP contribution is 2.34. The molecule has 0 aromatic carbocycles. The van der Waals surface area contributed by atoms with Gasteiger partial charge in [0, 0.05) is 11.9 Å².